The lowest BCUT2D eigenvalue weighted by atomic mass is 10.0. The molecule has 1 fully saturated rings. The molecule has 0 amide bonds. The van der Waals surface area contributed by atoms with Gasteiger partial charge in [-0.05, 0) is 34.9 Å². The summed E-state index contributed by atoms with van der Waals surface area (Å²) in [5.41, 5.74) is 5.16. The molecule has 0 aromatic heterocycles. The monoisotopic (exact) mass is 365 g/mol. The minimum absolute atomic E-state index is 0.571. The van der Waals surface area contributed by atoms with Gasteiger partial charge in [0.2, 0.25) is 0 Å². The minimum atomic E-state index is 0.571. The maximum Gasteiger partial charge on any atom is 0.123 e. The van der Waals surface area contributed by atoms with Crippen molar-refractivity contribution in [2.45, 2.75) is 26.3 Å². The molecule has 4 heteroatoms. The molecule has 27 heavy (non-hydrogen) atoms. The highest BCUT2D eigenvalue weighted by atomic mass is 16.5. The van der Waals surface area contributed by atoms with Gasteiger partial charge in [0.15, 0.2) is 0 Å². The zero-order valence-electron chi connectivity index (χ0n) is 16.6. The van der Waals surface area contributed by atoms with E-state index in [0.717, 1.165) is 58.0 Å². The Morgan fingerprint density at radius 1 is 0.963 bits per heavy atom. The third-order valence-electron chi connectivity index (χ3n) is 5.61. The first-order valence-electron chi connectivity index (χ1n) is 10.3. The molecule has 0 unspecified atom stereocenters. The summed E-state index contributed by atoms with van der Waals surface area (Å²) in [5, 5.41) is 3.51. The molecule has 0 spiro atoms. The van der Waals surface area contributed by atoms with Gasteiger partial charge in [-0.25, -0.2) is 0 Å². The van der Waals surface area contributed by atoms with Crippen LogP contribution in [0.3, 0.4) is 0 Å². The normalized spacial score (nSPS) is 17.2. The van der Waals surface area contributed by atoms with E-state index in [1.807, 2.05) is 0 Å². The van der Waals surface area contributed by atoms with E-state index in [1.54, 1.807) is 0 Å². The number of nitrogens with zero attached hydrogens (tertiary/aromatic N) is 2. The van der Waals surface area contributed by atoms with Gasteiger partial charge in [0.25, 0.3) is 0 Å². The zero-order chi connectivity index (χ0) is 18.6. The second kappa shape index (κ2) is 8.32. The first-order chi connectivity index (χ1) is 13.2. The van der Waals surface area contributed by atoms with Crippen molar-refractivity contribution in [1.82, 2.24) is 10.2 Å². The number of fused-ring (bicyclic) bond motifs is 1. The van der Waals surface area contributed by atoms with Gasteiger partial charge in [-0.1, -0.05) is 38.1 Å². The van der Waals surface area contributed by atoms with Gasteiger partial charge in [0, 0.05) is 57.4 Å². The maximum atomic E-state index is 5.71. The van der Waals surface area contributed by atoms with E-state index in [-0.39, 0.29) is 0 Å². The Hall–Kier alpha value is -2.04. The first kappa shape index (κ1) is 18.3. The molecule has 144 valence electrons. The fourth-order valence-electron chi connectivity index (χ4n) is 3.95. The summed E-state index contributed by atoms with van der Waals surface area (Å²) in [7, 11) is 0. The van der Waals surface area contributed by atoms with Gasteiger partial charge in [0.05, 0.1) is 6.61 Å². The number of anilines is 1. The highest BCUT2D eigenvalue weighted by Crippen LogP contribution is 2.31. The van der Waals surface area contributed by atoms with Crippen LogP contribution in [0.25, 0.3) is 11.1 Å². The topological polar surface area (TPSA) is 27.7 Å². The van der Waals surface area contributed by atoms with E-state index < -0.39 is 0 Å². The van der Waals surface area contributed by atoms with Crippen LogP contribution in [0.2, 0.25) is 0 Å². The van der Waals surface area contributed by atoms with Gasteiger partial charge in [-0.2, -0.15) is 0 Å². The Labute approximate surface area is 163 Å². The summed E-state index contributed by atoms with van der Waals surface area (Å²) in [5.74, 6) is 1.06. The molecular weight excluding hydrogens is 334 g/mol. The van der Waals surface area contributed by atoms with Crippen LogP contribution >= 0.6 is 0 Å². The quantitative estimate of drug-likeness (QED) is 0.849. The van der Waals surface area contributed by atoms with Crippen LogP contribution in [-0.4, -0.2) is 56.8 Å². The van der Waals surface area contributed by atoms with Crippen LogP contribution in [-0.2, 0) is 6.42 Å². The number of piperazine rings is 1. The fraction of sp³-hybridized carbons (Fsp3) is 0.478. The lowest BCUT2D eigenvalue weighted by molar-refractivity contribution is 0.255. The van der Waals surface area contributed by atoms with Gasteiger partial charge >= 0.3 is 0 Å². The smallest absolute Gasteiger partial charge is 0.123 e. The van der Waals surface area contributed by atoms with Gasteiger partial charge in [0.1, 0.15) is 5.75 Å². The first-order valence-corrected chi connectivity index (χ1v) is 10.3. The second-order valence-corrected chi connectivity index (χ2v) is 7.91. The molecule has 1 N–H and O–H groups in total. The minimum Gasteiger partial charge on any atom is -0.493 e. The Balaban J connectivity index is 1.33. The van der Waals surface area contributed by atoms with Crippen LogP contribution in [0.1, 0.15) is 19.4 Å². The average molecular weight is 366 g/mol. The number of rotatable bonds is 6. The van der Waals surface area contributed by atoms with E-state index in [1.165, 1.54) is 22.4 Å². The Morgan fingerprint density at radius 2 is 1.70 bits per heavy atom. The summed E-state index contributed by atoms with van der Waals surface area (Å²) in [4.78, 5) is 5.06. The second-order valence-electron chi connectivity index (χ2n) is 7.91. The van der Waals surface area contributed by atoms with Crippen LogP contribution in [0.5, 0.6) is 5.75 Å². The van der Waals surface area contributed by atoms with Crippen LogP contribution < -0.4 is 15.0 Å². The van der Waals surface area contributed by atoms with Gasteiger partial charge in [-0.3, -0.25) is 4.90 Å². The molecule has 0 saturated carbocycles. The summed E-state index contributed by atoms with van der Waals surface area (Å²) >= 11 is 0. The van der Waals surface area contributed by atoms with E-state index in [0.29, 0.717) is 6.04 Å². The number of hydrogen-bond acceptors (Lipinski definition) is 4. The molecule has 2 heterocycles. The van der Waals surface area contributed by atoms with Crippen molar-refractivity contribution in [3.8, 4) is 16.9 Å². The number of hydrogen-bond donors (Lipinski definition) is 1. The number of benzene rings is 2. The van der Waals surface area contributed by atoms with Crippen molar-refractivity contribution >= 4 is 5.69 Å². The molecule has 2 aliphatic heterocycles. The maximum absolute atomic E-state index is 5.71. The zero-order valence-corrected chi connectivity index (χ0v) is 16.6. The van der Waals surface area contributed by atoms with Crippen LogP contribution in [0.4, 0.5) is 5.69 Å². The molecule has 0 bridgehead atoms. The number of nitrogens with one attached hydrogen (secondary N) is 1. The van der Waals surface area contributed by atoms with E-state index in [4.69, 9.17) is 4.74 Å². The standard InChI is InChI=1S/C23H31N3O/c1-18(2)24-10-11-25-12-14-26(15-13-25)22-7-5-19(6-8-22)21-4-3-20-9-16-27-23(20)17-21/h3-8,17-18,24H,9-16H2,1-2H3. The molecule has 1 saturated heterocycles. The summed E-state index contributed by atoms with van der Waals surface area (Å²) in [6.07, 6.45) is 1.04. The molecule has 0 atom stereocenters. The lowest BCUT2D eigenvalue weighted by Crippen LogP contribution is -2.48. The largest absolute Gasteiger partial charge is 0.493 e. The molecule has 2 aromatic carbocycles. The number of ether oxygens (including phenoxy) is 1. The van der Waals surface area contributed by atoms with E-state index in [2.05, 4.69) is 71.4 Å². The predicted molar refractivity (Wildman–Crippen MR) is 113 cm³/mol. The van der Waals surface area contributed by atoms with Crippen molar-refractivity contribution in [3.05, 3.63) is 48.0 Å². The highest BCUT2D eigenvalue weighted by Gasteiger charge is 2.17. The summed E-state index contributed by atoms with van der Waals surface area (Å²) in [6, 6.07) is 16.2. The molecule has 2 aromatic rings. The Morgan fingerprint density at radius 3 is 2.44 bits per heavy atom. The SMILES string of the molecule is CC(C)NCCN1CCN(c2ccc(-c3ccc4c(c3)OCC4)cc2)CC1. The molecular formula is C23H31N3O. The molecule has 2 aliphatic rings. The third-order valence-corrected chi connectivity index (χ3v) is 5.61. The molecule has 4 rings (SSSR count). The van der Waals surface area contributed by atoms with E-state index in [9.17, 15) is 0 Å². The highest BCUT2D eigenvalue weighted by molar-refractivity contribution is 5.68. The molecule has 0 aliphatic carbocycles. The van der Waals surface area contributed by atoms with Crippen molar-refractivity contribution < 1.29 is 4.74 Å². The molecule has 4 nitrogen and oxygen atoms in total. The van der Waals surface area contributed by atoms with Crippen molar-refractivity contribution in [1.29, 1.82) is 0 Å². The van der Waals surface area contributed by atoms with Crippen molar-refractivity contribution in [2.75, 3.05) is 50.8 Å². The molecule has 0 radical (unpaired) electrons. The average Bonchev–Trinajstić information content (AvgIpc) is 3.16. The van der Waals surface area contributed by atoms with Gasteiger partial charge < -0.3 is 15.0 Å². The lowest BCUT2D eigenvalue weighted by Gasteiger charge is -2.36. The van der Waals surface area contributed by atoms with Crippen molar-refractivity contribution in [2.24, 2.45) is 0 Å². The van der Waals surface area contributed by atoms with Crippen LogP contribution in [0.15, 0.2) is 42.5 Å². The fourth-order valence-corrected chi connectivity index (χ4v) is 3.95. The third kappa shape index (κ3) is 4.45. The van der Waals surface area contributed by atoms with Crippen LogP contribution in [0, 0.1) is 0 Å². The summed E-state index contributed by atoms with van der Waals surface area (Å²) in [6.45, 7) is 11.9. The Bertz CT molecular complexity index is 749. The summed E-state index contributed by atoms with van der Waals surface area (Å²) < 4.78 is 5.71. The Kier molecular flexibility index (Phi) is 5.65. The predicted octanol–water partition coefficient (Wildman–Crippen LogP) is 3.41. The van der Waals surface area contributed by atoms with Gasteiger partial charge in [-0.15, -0.1) is 0 Å². The van der Waals surface area contributed by atoms with Crippen molar-refractivity contribution in [3.63, 3.8) is 0 Å². The van der Waals surface area contributed by atoms with E-state index >= 15 is 0 Å².